The number of rotatable bonds is 2. The Balaban J connectivity index is 1.38. The molecule has 0 atom stereocenters. The maximum Gasteiger partial charge on any atom is 0.323 e. The molecule has 0 radical (unpaired) electrons. The van der Waals surface area contributed by atoms with Gasteiger partial charge in [0.2, 0.25) is 0 Å². The number of carbonyl (C=O) groups excluding carboxylic acids is 1. The molecule has 3 aromatic rings. The van der Waals surface area contributed by atoms with E-state index in [1.165, 1.54) is 0 Å². The lowest BCUT2D eigenvalue weighted by Gasteiger charge is -2.33. The predicted octanol–water partition coefficient (Wildman–Crippen LogP) is 2.58. The number of hydrogen-bond donors (Lipinski definition) is 1. The number of nitrogens with zero attached hydrogens (tertiary/aromatic N) is 4. The van der Waals surface area contributed by atoms with Crippen molar-refractivity contribution in [3.63, 3.8) is 0 Å². The zero-order valence-corrected chi connectivity index (χ0v) is 13.1. The zero-order valence-electron chi connectivity index (χ0n) is 13.1. The van der Waals surface area contributed by atoms with Gasteiger partial charge in [-0.15, -0.1) is 0 Å². The average molecular weight is 323 g/mol. The first kappa shape index (κ1) is 14.5. The van der Waals surface area contributed by atoms with E-state index in [2.05, 4.69) is 20.2 Å². The molecule has 1 aliphatic heterocycles. The number of amides is 2. The van der Waals surface area contributed by atoms with E-state index < -0.39 is 0 Å². The van der Waals surface area contributed by atoms with Crippen LogP contribution in [0, 0.1) is 0 Å². The van der Waals surface area contributed by atoms with Crippen LogP contribution in [0.2, 0.25) is 0 Å². The molecular formula is C17H17N5O2. The fourth-order valence-corrected chi connectivity index (χ4v) is 2.72. The molecule has 1 aromatic carbocycles. The summed E-state index contributed by atoms with van der Waals surface area (Å²) >= 11 is 0. The lowest BCUT2D eigenvalue weighted by atomic mass is 10.3. The number of carbonyl (C=O) groups is 1. The van der Waals surface area contributed by atoms with Gasteiger partial charge >= 0.3 is 6.03 Å². The molecule has 7 heteroatoms. The summed E-state index contributed by atoms with van der Waals surface area (Å²) in [5.41, 5.74) is 1.63. The lowest BCUT2D eigenvalue weighted by molar-refractivity contribution is 0.207. The van der Waals surface area contributed by atoms with Crippen LogP contribution < -0.4 is 10.2 Å². The quantitative estimate of drug-likeness (QED) is 0.784. The Morgan fingerprint density at radius 1 is 1.04 bits per heavy atom. The van der Waals surface area contributed by atoms with E-state index in [-0.39, 0.29) is 6.03 Å². The highest BCUT2D eigenvalue weighted by Crippen LogP contribution is 2.22. The molecule has 24 heavy (non-hydrogen) atoms. The molecule has 1 N–H and O–H groups in total. The second-order valence-corrected chi connectivity index (χ2v) is 5.58. The molecule has 1 aliphatic rings. The number of urea groups is 1. The Labute approximate surface area is 138 Å². The van der Waals surface area contributed by atoms with Crippen molar-refractivity contribution >= 4 is 29.0 Å². The zero-order chi connectivity index (χ0) is 16.4. The molecule has 0 aliphatic carbocycles. The molecule has 1 fully saturated rings. The number of nitrogens with one attached hydrogen (secondary N) is 1. The summed E-state index contributed by atoms with van der Waals surface area (Å²) in [5, 5.41) is 2.81. The molecule has 0 saturated carbocycles. The van der Waals surface area contributed by atoms with Crippen LogP contribution >= 0.6 is 0 Å². The van der Waals surface area contributed by atoms with E-state index in [0.717, 1.165) is 11.1 Å². The molecular weight excluding hydrogens is 306 g/mol. The number of fused-ring (bicyclic) bond motifs is 1. The molecule has 0 spiro atoms. The lowest BCUT2D eigenvalue weighted by Crippen LogP contribution is -2.50. The van der Waals surface area contributed by atoms with Crippen molar-refractivity contribution in [1.29, 1.82) is 0 Å². The van der Waals surface area contributed by atoms with E-state index in [9.17, 15) is 4.79 Å². The SMILES string of the molecule is O=C(Nc1ccccn1)N1CCN(c2nc3ccccc3o2)CC1. The van der Waals surface area contributed by atoms with Gasteiger partial charge in [0.1, 0.15) is 11.3 Å². The van der Waals surface area contributed by atoms with Crippen LogP contribution in [0.3, 0.4) is 0 Å². The van der Waals surface area contributed by atoms with Gasteiger partial charge in [-0.3, -0.25) is 5.32 Å². The highest BCUT2D eigenvalue weighted by molar-refractivity contribution is 5.88. The van der Waals surface area contributed by atoms with Gasteiger partial charge in [-0.05, 0) is 24.3 Å². The fourth-order valence-electron chi connectivity index (χ4n) is 2.72. The average Bonchev–Trinajstić information content (AvgIpc) is 3.07. The van der Waals surface area contributed by atoms with Crippen LogP contribution in [0.25, 0.3) is 11.1 Å². The van der Waals surface area contributed by atoms with Crippen molar-refractivity contribution < 1.29 is 9.21 Å². The summed E-state index contributed by atoms with van der Waals surface area (Å²) in [4.78, 5) is 24.7. The Morgan fingerprint density at radius 2 is 1.83 bits per heavy atom. The molecule has 7 nitrogen and oxygen atoms in total. The summed E-state index contributed by atoms with van der Waals surface area (Å²) in [7, 11) is 0. The largest absolute Gasteiger partial charge is 0.423 e. The number of pyridine rings is 1. The van der Waals surface area contributed by atoms with Gasteiger partial charge in [-0.25, -0.2) is 9.78 Å². The summed E-state index contributed by atoms with van der Waals surface area (Å²) in [6.07, 6.45) is 1.65. The summed E-state index contributed by atoms with van der Waals surface area (Å²) in [6.45, 7) is 2.58. The minimum Gasteiger partial charge on any atom is -0.423 e. The highest BCUT2D eigenvalue weighted by atomic mass is 16.4. The van der Waals surface area contributed by atoms with Gasteiger partial charge < -0.3 is 14.2 Å². The van der Waals surface area contributed by atoms with Crippen LogP contribution in [-0.4, -0.2) is 47.1 Å². The number of hydrogen-bond acceptors (Lipinski definition) is 5. The Bertz CT molecular complexity index is 807. The van der Waals surface area contributed by atoms with E-state index in [1.807, 2.05) is 36.4 Å². The van der Waals surface area contributed by atoms with Crippen LogP contribution in [0.1, 0.15) is 0 Å². The van der Waals surface area contributed by atoms with Crippen molar-refractivity contribution in [1.82, 2.24) is 14.9 Å². The van der Waals surface area contributed by atoms with Gasteiger partial charge in [-0.2, -0.15) is 4.98 Å². The van der Waals surface area contributed by atoms with Crippen molar-refractivity contribution in [2.75, 3.05) is 36.4 Å². The van der Waals surface area contributed by atoms with Crippen LogP contribution in [0.5, 0.6) is 0 Å². The van der Waals surface area contributed by atoms with Crippen LogP contribution in [0.4, 0.5) is 16.6 Å². The smallest absolute Gasteiger partial charge is 0.323 e. The molecule has 4 rings (SSSR count). The molecule has 3 heterocycles. The normalized spacial score (nSPS) is 14.8. The number of piperazine rings is 1. The maximum atomic E-state index is 12.3. The first-order chi connectivity index (χ1) is 11.8. The number of aromatic nitrogens is 2. The van der Waals surface area contributed by atoms with E-state index in [4.69, 9.17) is 4.42 Å². The molecule has 122 valence electrons. The van der Waals surface area contributed by atoms with Crippen LogP contribution in [0.15, 0.2) is 53.1 Å². The molecule has 1 saturated heterocycles. The molecule has 2 aromatic heterocycles. The maximum absolute atomic E-state index is 12.3. The third kappa shape index (κ3) is 2.88. The number of anilines is 2. The van der Waals surface area contributed by atoms with Gasteiger partial charge in [0.15, 0.2) is 5.58 Å². The third-order valence-corrected chi connectivity index (χ3v) is 4.02. The van der Waals surface area contributed by atoms with E-state index >= 15 is 0 Å². The van der Waals surface area contributed by atoms with Gasteiger partial charge in [0.25, 0.3) is 6.01 Å². The number of benzene rings is 1. The van der Waals surface area contributed by atoms with Crippen LogP contribution in [-0.2, 0) is 0 Å². The van der Waals surface area contributed by atoms with Crippen molar-refractivity contribution in [3.05, 3.63) is 48.7 Å². The summed E-state index contributed by atoms with van der Waals surface area (Å²) in [5.74, 6) is 0.559. The first-order valence-corrected chi connectivity index (χ1v) is 7.87. The van der Waals surface area contributed by atoms with Crippen molar-refractivity contribution in [2.45, 2.75) is 0 Å². The summed E-state index contributed by atoms with van der Waals surface area (Å²) < 4.78 is 5.78. The van der Waals surface area contributed by atoms with E-state index in [0.29, 0.717) is 38.0 Å². The topological polar surface area (TPSA) is 74.5 Å². The van der Waals surface area contributed by atoms with Gasteiger partial charge in [-0.1, -0.05) is 18.2 Å². The standard InChI is InChI=1S/C17H17N5O2/c23-16(20-15-7-3-4-8-18-15)21-9-11-22(12-10-21)17-19-13-5-1-2-6-14(13)24-17/h1-8H,9-12H2,(H,18,20,23). The van der Waals surface area contributed by atoms with Crippen molar-refractivity contribution in [2.24, 2.45) is 0 Å². The summed E-state index contributed by atoms with van der Waals surface area (Å²) in [6, 6.07) is 13.6. The minimum absolute atomic E-state index is 0.133. The number of oxazole rings is 1. The molecule has 2 amide bonds. The molecule has 0 unspecified atom stereocenters. The third-order valence-electron chi connectivity index (χ3n) is 4.02. The van der Waals surface area contributed by atoms with Gasteiger partial charge in [0, 0.05) is 32.4 Å². The second kappa shape index (κ2) is 6.19. The fraction of sp³-hybridized carbons (Fsp3) is 0.235. The Hall–Kier alpha value is -3.09. The molecule has 0 bridgehead atoms. The minimum atomic E-state index is -0.133. The predicted molar refractivity (Wildman–Crippen MR) is 91.1 cm³/mol. The number of para-hydroxylation sites is 2. The monoisotopic (exact) mass is 323 g/mol. The van der Waals surface area contributed by atoms with Gasteiger partial charge in [0.05, 0.1) is 0 Å². The first-order valence-electron chi connectivity index (χ1n) is 7.87. The van der Waals surface area contributed by atoms with Crippen molar-refractivity contribution in [3.8, 4) is 0 Å². The Morgan fingerprint density at radius 3 is 2.58 bits per heavy atom. The highest BCUT2D eigenvalue weighted by Gasteiger charge is 2.24. The Kier molecular flexibility index (Phi) is 3.74. The second-order valence-electron chi connectivity index (χ2n) is 5.58. The van der Waals surface area contributed by atoms with E-state index in [1.54, 1.807) is 17.2 Å².